The first kappa shape index (κ1) is 37.7. The summed E-state index contributed by atoms with van der Waals surface area (Å²) in [6.45, 7) is 0.683. The highest BCUT2D eigenvalue weighted by atomic mass is 32.7. The highest BCUT2D eigenvalue weighted by Gasteiger charge is 2.54. The molecule has 7 unspecified atom stereocenters. The molecule has 0 amide bonds. The number of phosphoric acid groups is 1. The van der Waals surface area contributed by atoms with E-state index in [0.717, 1.165) is 6.33 Å². The van der Waals surface area contributed by atoms with Crippen LogP contribution in [-0.2, 0) is 46.2 Å². The molecule has 3 saturated heterocycles. The minimum Gasteiger partial charge on any atom is -0.454 e. The number of aromatic nitrogens is 8. The van der Waals surface area contributed by atoms with Crippen molar-refractivity contribution in [2.75, 3.05) is 30.6 Å². The van der Waals surface area contributed by atoms with Gasteiger partial charge in [0.2, 0.25) is 5.95 Å². The molecule has 7 rings (SSSR count). The minimum absolute atomic E-state index is 0.0129. The maximum Gasteiger partial charge on any atom is 0.472 e. The van der Waals surface area contributed by atoms with Crippen molar-refractivity contribution in [3.8, 4) is 0 Å². The number of nitrogens with zero attached hydrogens (tertiary/aromatic N) is 7. The number of ether oxygens (including phenoxy) is 3. The molecule has 0 saturated carbocycles. The zero-order chi connectivity index (χ0) is 38.0. The van der Waals surface area contributed by atoms with Gasteiger partial charge in [-0.3, -0.25) is 41.8 Å². The average Bonchev–Trinajstić information content (AvgIpc) is 3.84. The van der Waals surface area contributed by atoms with Crippen molar-refractivity contribution in [2.24, 2.45) is 11.3 Å². The van der Waals surface area contributed by atoms with Crippen LogP contribution in [-0.4, -0.2) is 99.6 Å². The summed E-state index contributed by atoms with van der Waals surface area (Å²) in [7, 11) is -5.08. The first-order valence-corrected chi connectivity index (χ1v) is 20.6. The lowest BCUT2D eigenvalue weighted by Crippen LogP contribution is -2.34. The van der Waals surface area contributed by atoms with Crippen molar-refractivity contribution in [1.82, 2.24) is 39.0 Å². The predicted octanol–water partition coefficient (Wildman–Crippen LogP) is 2.20. The number of fused-ring (bicyclic) bond motifs is 5. The van der Waals surface area contributed by atoms with Gasteiger partial charge in [0.25, 0.3) is 5.56 Å². The third-order valence-corrected chi connectivity index (χ3v) is 13.0. The highest BCUT2D eigenvalue weighted by molar-refractivity contribution is 8.55. The largest absolute Gasteiger partial charge is 0.472 e. The molecular formula is C27H35FN10O12P2S. The molecule has 3 aliphatic rings. The molecule has 53 heavy (non-hydrogen) atoms. The zero-order valence-electron chi connectivity index (χ0n) is 28.4. The maximum absolute atomic E-state index is 16.3. The van der Waals surface area contributed by atoms with Crippen molar-refractivity contribution in [3.63, 3.8) is 0 Å². The van der Waals surface area contributed by atoms with Gasteiger partial charge in [-0.15, -0.1) is 0 Å². The summed E-state index contributed by atoms with van der Waals surface area (Å²) in [5, 5.41) is 0. The lowest BCUT2D eigenvalue weighted by Gasteiger charge is -2.28. The number of rotatable bonds is 5. The molecule has 2 bridgehead atoms. The van der Waals surface area contributed by atoms with E-state index in [1.165, 1.54) is 21.8 Å². The second-order valence-electron chi connectivity index (χ2n) is 13.4. The van der Waals surface area contributed by atoms with Gasteiger partial charge in [-0.1, -0.05) is 6.92 Å². The molecule has 0 radical (unpaired) electrons. The number of esters is 1. The van der Waals surface area contributed by atoms with Gasteiger partial charge < -0.3 is 30.6 Å². The standard InChI is InChI=1S/C27H35FN10O12P2S/c1-11-12-5-45-51(41,42)49-18-13(48-23(14(18)28)37-8-33-15-19(29)31-7-32-20(15)37)6-46-52(43,53-10-44-25(40)27(2,3)4)50-17(11)24(47-12)38-9-34-16-21(38)35-26(30)36-22(16)39/h7-9,11-14,17-18,23-24H,5-6,10H2,1-4H3,(H,41,42)(H2,29,31,32)(H3,30,35,36,39)/t11?,12-,13-,14?,17?,18?,23-,24?,52?/m1/s1. The van der Waals surface area contributed by atoms with Crippen LogP contribution in [0.2, 0.25) is 0 Å². The SMILES string of the molecule is CC1C2OP(=O)(SCOC(=O)C(C)(C)C)OC[C@H]3O[C@@H](n4cnc5c(N)ncnc54)C(F)C3OP(=O)(O)OC[C@H]1OC2n1cnc2c(=O)[nH]c(N)nc21. The number of halogens is 1. The minimum atomic E-state index is -5.08. The Labute approximate surface area is 302 Å². The van der Waals surface area contributed by atoms with Gasteiger partial charge >= 0.3 is 20.6 Å². The Morgan fingerprint density at radius 2 is 1.70 bits per heavy atom. The van der Waals surface area contributed by atoms with Crippen molar-refractivity contribution in [3.05, 3.63) is 29.3 Å². The smallest absolute Gasteiger partial charge is 0.454 e. The topological polar surface area (TPSA) is 295 Å². The Hall–Kier alpha value is -3.57. The lowest BCUT2D eigenvalue weighted by atomic mass is 9.98. The summed E-state index contributed by atoms with van der Waals surface area (Å²) < 4.78 is 87.2. The maximum atomic E-state index is 16.3. The molecule has 10 atom stereocenters. The van der Waals surface area contributed by atoms with Crippen LogP contribution in [0.5, 0.6) is 0 Å². The number of nitrogens with one attached hydrogen (secondary N) is 1. The van der Waals surface area contributed by atoms with E-state index < -0.39 is 99.7 Å². The monoisotopic (exact) mass is 804 g/mol. The van der Waals surface area contributed by atoms with E-state index in [-0.39, 0.29) is 34.1 Å². The predicted molar refractivity (Wildman–Crippen MR) is 181 cm³/mol. The molecule has 22 nitrogen and oxygen atoms in total. The van der Waals surface area contributed by atoms with E-state index in [2.05, 4.69) is 29.9 Å². The van der Waals surface area contributed by atoms with E-state index in [1.54, 1.807) is 27.7 Å². The van der Waals surface area contributed by atoms with Crippen molar-refractivity contribution >= 4 is 66.1 Å². The number of phosphoric ester groups is 1. The van der Waals surface area contributed by atoms with Gasteiger partial charge in [-0.2, -0.15) is 4.98 Å². The number of hydrogen-bond donors (Lipinski definition) is 4. The Morgan fingerprint density at radius 3 is 2.43 bits per heavy atom. The van der Waals surface area contributed by atoms with E-state index >= 15 is 4.39 Å². The van der Waals surface area contributed by atoms with Crippen LogP contribution in [0.4, 0.5) is 16.2 Å². The summed E-state index contributed by atoms with van der Waals surface area (Å²) in [6, 6.07) is 0. The summed E-state index contributed by atoms with van der Waals surface area (Å²) in [6.07, 6.45) is -7.02. The van der Waals surface area contributed by atoms with Crippen LogP contribution in [0.1, 0.15) is 40.2 Å². The molecule has 6 N–H and O–H groups in total. The second kappa shape index (κ2) is 13.9. The number of carbonyl (C=O) groups excluding carboxylic acids is 1. The fraction of sp³-hybridized carbons (Fsp3) is 0.593. The molecule has 26 heteroatoms. The van der Waals surface area contributed by atoms with Gasteiger partial charge in [0.15, 0.2) is 41.3 Å². The molecule has 3 fully saturated rings. The number of carbonyl (C=O) groups is 1. The number of H-pyrrole nitrogens is 1. The number of aromatic amines is 1. The number of hydrogen-bond acceptors (Lipinski definition) is 19. The quantitative estimate of drug-likeness (QED) is 0.128. The third-order valence-electron chi connectivity index (χ3n) is 8.67. The molecule has 0 spiro atoms. The molecule has 0 aliphatic carbocycles. The summed E-state index contributed by atoms with van der Waals surface area (Å²) in [5.41, 5.74) is 10.3. The summed E-state index contributed by atoms with van der Waals surface area (Å²) >= 11 is 0.510. The highest BCUT2D eigenvalue weighted by Crippen LogP contribution is 2.64. The fourth-order valence-electron chi connectivity index (χ4n) is 5.90. The van der Waals surface area contributed by atoms with Crippen LogP contribution in [0.3, 0.4) is 0 Å². The van der Waals surface area contributed by atoms with Gasteiger partial charge in [-0.05, 0) is 20.8 Å². The van der Waals surface area contributed by atoms with Gasteiger partial charge in [0.1, 0.15) is 36.1 Å². The number of alkyl halides is 1. The first-order chi connectivity index (χ1) is 24.9. The van der Waals surface area contributed by atoms with Crippen molar-refractivity contribution in [2.45, 2.75) is 70.7 Å². The Morgan fingerprint density at radius 1 is 1.02 bits per heavy atom. The van der Waals surface area contributed by atoms with Crippen LogP contribution < -0.4 is 17.0 Å². The van der Waals surface area contributed by atoms with Crippen LogP contribution >= 0.6 is 26.0 Å². The molecule has 7 heterocycles. The number of nitrogens with two attached hydrogens (primary N) is 2. The van der Waals surface area contributed by atoms with Crippen LogP contribution in [0.25, 0.3) is 22.3 Å². The van der Waals surface area contributed by atoms with E-state index in [1.807, 2.05) is 0 Å². The molecule has 4 aromatic heterocycles. The Bertz CT molecular complexity index is 2200. The van der Waals surface area contributed by atoms with Crippen LogP contribution in [0, 0.1) is 11.3 Å². The third kappa shape index (κ3) is 7.32. The zero-order valence-corrected chi connectivity index (χ0v) is 31.0. The summed E-state index contributed by atoms with van der Waals surface area (Å²) in [4.78, 5) is 58.7. The average molecular weight is 805 g/mol. The van der Waals surface area contributed by atoms with Crippen molar-refractivity contribution < 1.29 is 55.5 Å². The van der Waals surface area contributed by atoms with Gasteiger partial charge in [0.05, 0.1) is 37.4 Å². The van der Waals surface area contributed by atoms with E-state index in [9.17, 15) is 23.6 Å². The Balaban J connectivity index is 1.24. The van der Waals surface area contributed by atoms with Gasteiger partial charge in [-0.25, -0.2) is 33.5 Å². The Kier molecular flexibility index (Phi) is 9.92. The lowest BCUT2D eigenvalue weighted by molar-refractivity contribution is -0.150. The molecule has 0 aromatic carbocycles. The van der Waals surface area contributed by atoms with Crippen molar-refractivity contribution in [1.29, 1.82) is 0 Å². The molecule has 3 aliphatic heterocycles. The molecular weight excluding hydrogens is 769 g/mol. The summed E-state index contributed by atoms with van der Waals surface area (Å²) in [5.74, 6) is -2.10. The molecule has 4 aromatic rings. The molecule has 288 valence electrons. The number of imidazole rings is 2. The van der Waals surface area contributed by atoms with Crippen LogP contribution in [0.15, 0.2) is 23.8 Å². The fourth-order valence-corrected chi connectivity index (χ4v) is 9.70. The van der Waals surface area contributed by atoms with Gasteiger partial charge in [0, 0.05) is 17.3 Å². The van der Waals surface area contributed by atoms with E-state index in [4.69, 9.17) is 43.8 Å². The first-order valence-electron chi connectivity index (χ1n) is 16.0. The normalized spacial score (nSPS) is 34.0. The number of anilines is 2. The van der Waals surface area contributed by atoms with E-state index in [0.29, 0.717) is 11.4 Å². The number of nitrogen functional groups attached to an aromatic ring is 2. The second-order valence-corrected chi connectivity index (χ2v) is 18.7.